The van der Waals surface area contributed by atoms with Gasteiger partial charge in [0.15, 0.2) is 5.78 Å². The molecule has 0 radical (unpaired) electrons. The smallest absolute Gasteiger partial charge is 0.163 e. The van der Waals surface area contributed by atoms with E-state index in [0.717, 1.165) is 30.6 Å². The zero-order valence-electron chi connectivity index (χ0n) is 16.7. The quantitative estimate of drug-likeness (QED) is 0.272. The number of rotatable bonds is 9. The van der Waals surface area contributed by atoms with Gasteiger partial charge in [0.25, 0.3) is 0 Å². The number of benzene rings is 3. The molecular weight excluding hydrogens is 360 g/mol. The second-order valence-electron chi connectivity index (χ2n) is 6.96. The van der Waals surface area contributed by atoms with Crippen LogP contribution in [0.15, 0.2) is 72.8 Å². The van der Waals surface area contributed by atoms with Crippen molar-refractivity contribution in [2.45, 2.75) is 26.2 Å². The molecule has 3 rings (SSSR count). The molecule has 148 valence electrons. The van der Waals surface area contributed by atoms with Gasteiger partial charge in [-0.1, -0.05) is 72.8 Å². The first-order valence-corrected chi connectivity index (χ1v) is 9.92. The number of hydrogen-bond donors (Lipinski definition) is 1. The largest absolute Gasteiger partial charge is 0.507 e. The Kier molecular flexibility index (Phi) is 7.23. The first-order valence-electron chi connectivity index (χ1n) is 9.92. The van der Waals surface area contributed by atoms with Crippen LogP contribution in [0, 0.1) is 0 Å². The number of unbranched alkanes of at least 4 members (excludes halogenated alkanes) is 1. The normalized spacial score (nSPS) is 10.9. The minimum Gasteiger partial charge on any atom is -0.507 e. The van der Waals surface area contributed by atoms with Crippen LogP contribution in [-0.2, 0) is 6.42 Å². The first kappa shape index (κ1) is 20.4. The summed E-state index contributed by atoms with van der Waals surface area (Å²) in [7, 11) is 0. The summed E-state index contributed by atoms with van der Waals surface area (Å²) in [6.07, 6.45) is 6.82. The third-order valence-electron chi connectivity index (χ3n) is 4.77. The Balaban J connectivity index is 1.60. The second-order valence-corrected chi connectivity index (χ2v) is 6.96. The van der Waals surface area contributed by atoms with Gasteiger partial charge < -0.3 is 9.84 Å². The van der Waals surface area contributed by atoms with Crippen molar-refractivity contribution in [3.8, 4) is 11.5 Å². The lowest BCUT2D eigenvalue weighted by Gasteiger charge is -2.09. The minimum absolute atomic E-state index is 0.00978. The summed E-state index contributed by atoms with van der Waals surface area (Å²) in [5.74, 6) is 0.665. The number of para-hydroxylation sites is 2. The third kappa shape index (κ3) is 5.82. The van der Waals surface area contributed by atoms with Crippen molar-refractivity contribution in [3.05, 3.63) is 95.1 Å². The van der Waals surface area contributed by atoms with Crippen molar-refractivity contribution in [2.24, 2.45) is 0 Å². The van der Waals surface area contributed by atoms with E-state index >= 15 is 0 Å². The number of phenols is 1. The Morgan fingerprint density at radius 2 is 1.55 bits per heavy atom. The van der Waals surface area contributed by atoms with E-state index in [9.17, 15) is 9.90 Å². The lowest BCUT2D eigenvalue weighted by atomic mass is 10.0. The summed E-state index contributed by atoms with van der Waals surface area (Å²) >= 11 is 0. The van der Waals surface area contributed by atoms with Crippen molar-refractivity contribution in [1.29, 1.82) is 0 Å². The highest BCUT2D eigenvalue weighted by atomic mass is 16.5. The number of Topliss-reactive ketones (excluding diaryl/α,β-unsaturated/α-hetero) is 1. The van der Waals surface area contributed by atoms with Crippen LogP contribution in [0.1, 0.15) is 46.8 Å². The lowest BCUT2D eigenvalue weighted by molar-refractivity contribution is 0.101. The summed E-state index contributed by atoms with van der Waals surface area (Å²) < 4.78 is 5.99. The number of aromatic hydroxyl groups is 1. The van der Waals surface area contributed by atoms with Gasteiger partial charge in [0.1, 0.15) is 11.5 Å². The minimum atomic E-state index is -0.156. The SMILES string of the molecule is CC(=O)c1cccc(C=Cc2ccccc2OCCCCc2ccccc2)c1O. The van der Waals surface area contributed by atoms with Crippen LogP contribution in [0.4, 0.5) is 0 Å². The van der Waals surface area contributed by atoms with Gasteiger partial charge in [0.05, 0.1) is 12.2 Å². The topological polar surface area (TPSA) is 46.5 Å². The van der Waals surface area contributed by atoms with Crippen LogP contribution in [-0.4, -0.2) is 17.5 Å². The van der Waals surface area contributed by atoms with Gasteiger partial charge in [-0.2, -0.15) is 0 Å². The molecule has 0 aliphatic rings. The number of ether oxygens (including phenoxy) is 1. The van der Waals surface area contributed by atoms with Gasteiger partial charge in [0.2, 0.25) is 0 Å². The molecular formula is C26H26O3. The van der Waals surface area contributed by atoms with E-state index in [-0.39, 0.29) is 11.5 Å². The predicted molar refractivity (Wildman–Crippen MR) is 118 cm³/mol. The number of aryl methyl sites for hydroxylation is 1. The Morgan fingerprint density at radius 3 is 2.34 bits per heavy atom. The molecule has 0 fully saturated rings. The molecule has 0 spiro atoms. The molecule has 3 heteroatoms. The summed E-state index contributed by atoms with van der Waals surface area (Å²) in [4.78, 5) is 11.6. The molecule has 3 nitrogen and oxygen atoms in total. The average Bonchev–Trinajstić information content (AvgIpc) is 2.74. The lowest BCUT2D eigenvalue weighted by Crippen LogP contribution is -1.99. The Labute approximate surface area is 172 Å². The molecule has 0 heterocycles. The van der Waals surface area contributed by atoms with Crippen molar-refractivity contribution in [1.82, 2.24) is 0 Å². The Bertz CT molecular complexity index is 974. The van der Waals surface area contributed by atoms with Gasteiger partial charge in [-0.15, -0.1) is 0 Å². The molecule has 0 aliphatic heterocycles. The molecule has 0 saturated carbocycles. The highest BCUT2D eigenvalue weighted by molar-refractivity contribution is 5.98. The molecule has 0 atom stereocenters. The molecule has 29 heavy (non-hydrogen) atoms. The van der Waals surface area contributed by atoms with Crippen LogP contribution < -0.4 is 4.74 Å². The van der Waals surface area contributed by atoms with E-state index in [1.807, 2.05) is 36.4 Å². The highest BCUT2D eigenvalue weighted by Gasteiger charge is 2.09. The average molecular weight is 386 g/mol. The van der Waals surface area contributed by atoms with Gasteiger partial charge in [-0.05, 0) is 43.9 Å². The van der Waals surface area contributed by atoms with Crippen LogP contribution >= 0.6 is 0 Å². The van der Waals surface area contributed by atoms with E-state index in [2.05, 4.69) is 24.3 Å². The van der Waals surface area contributed by atoms with Crippen molar-refractivity contribution in [2.75, 3.05) is 6.61 Å². The molecule has 0 unspecified atom stereocenters. The molecule has 0 aliphatic carbocycles. The summed E-state index contributed by atoms with van der Waals surface area (Å²) in [6.45, 7) is 2.10. The molecule has 0 saturated heterocycles. The van der Waals surface area contributed by atoms with Crippen molar-refractivity contribution < 1.29 is 14.6 Å². The fraction of sp³-hybridized carbons (Fsp3) is 0.192. The van der Waals surface area contributed by atoms with Gasteiger partial charge in [-0.3, -0.25) is 4.79 Å². The van der Waals surface area contributed by atoms with E-state index < -0.39 is 0 Å². The van der Waals surface area contributed by atoms with Crippen molar-refractivity contribution in [3.63, 3.8) is 0 Å². The van der Waals surface area contributed by atoms with Gasteiger partial charge in [0, 0.05) is 11.1 Å². The van der Waals surface area contributed by atoms with E-state index in [0.29, 0.717) is 17.7 Å². The summed E-state index contributed by atoms with van der Waals surface area (Å²) in [5, 5.41) is 10.3. The molecule has 0 aromatic heterocycles. The monoisotopic (exact) mass is 386 g/mol. The molecule has 1 N–H and O–H groups in total. The number of carbonyl (C=O) groups excluding carboxylic acids is 1. The predicted octanol–water partition coefficient (Wildman–Crippen LogP) is 6.17. The zero-order valence-corrected chi connectivity index (χ0v) is 16.7. The second kappa shape index (κ2) is 10.3. The van der Waals surface area contributed by atoms with Gasteiger partial charge >= 0.3 is 0 Å². The highest BCUT2D eigenvalue weighted by Crippen LogP contribution is 2.27. The zero-order chi connectivity index (χ0) is 20.5. The fourth-order valence-corrected chi connectivity index (χ4v) is 3.17. The molecule has 3 aromatic carbocycles. The maximum Gasteiger partial charge on any atom is 0.163 e. The van der Waals surface area contributed by atoms with E-state index in [1.165, 1.54) is 12.5 Å². The van der Waals surface area contributed by atoms with Crippen LogP contribution in [0.5, 0.6) is 11.5 Å². The van der Waals surface area contributed by atoms with Crippen molar-refractivity contribution >= 4 is 17.9 Å². The maximum absolute atomic E-state index is 11.6. The Hall–Kier alpha value is -3.33. The van der Waals surface area contributed by atoms with Crippen LogP contribution in [0.3, 0.4) is 0 Å². The Morgan fingerprint density at radius 1 is 0.862 bits per heavy atom. The van der Waals surface area contributed by atoms with E-state index in [4.69, 9.17) is 4.74 Å². The standard InChI is InChI=1S/C26H26O3/c1-20(27)24-15-9-14-23(26(24)28)18-17-22-13-5-6-16-25(22)29-19-8-7-12-21-10-3-2-4-11-21/h2-6,9-11,13-18,28H,7-8,12,19H2,1H3. The van der Waals surface area contributed by atoms with Gasteiger partial charge in [-0.25, -0.2) is 0 Å². The fourth-order valence-electron chi connectivity index (χ4n) is 3.17. The first-order chi connectivity index (χ1) is 14.1. The van der Waals surface area contributed by atoms with Crippen LogP contribution in [0.2, 0.25) is 0 Å². The number of ketones is 1. The maximum atomic E-state index is 11.6. The number of phenolic OH excluding ortho intramolecular Hbond substituents is 1. The molecule has 0 bridgehead atoms. The molecule has 3 aromatic rings. The summed E-state index contributed by atoms with van der Waals surface area (Å²) in [5.41, 5.74) is 3.22. The summed E-state index contributed by atoms with van der Waals surface area (Å²) in [6, 6.07) is 23.5. The van der Waals surface area contributed by atoms with Crippen LogP contribution in [0.25, 0.3) is 12.2 Å². The third-order valence-corrected chi connectivity index (χ3v) is 4.77. The number of hydrogen-bond acceptors (Lipinski definition) is 3. The number of carbonyl (C=O) groups is 1. The van der Waals surface area contributed by atoms with E-state index in [1.54, 1.807) is 24.3 Å². The molecule has 0 amide bonds.